The predicted molar refractivity (Wildman–Crippen MR) is 61.7 cm³/mol. The first kappa shape index (κ1) is 13.2. The summed E-state index contributed by atoms with van der Waals surface area (Å²) in [5.41, 5.74) is -1.02. The van der Waals surface area contributed by atoms with Crippen LogP contribution in [0.3, 0.4) is 0 Å². The first-order chi connectivity index (χ1) is 9.97. The molecule has 1 aromatic carbocycles. The van der Waals surface area contributed by atoms with Gasteiger partial charge in [0.2, 0.25) is 0 Å². The van der Waals surface area contributed by atoms with Crippen molar-refractivity contribution in [2.24, 2.45) is 0 Å². The largest absolute Gasteiger partial charge is 0.433 e. The van der Waals surface area contributed by atoms with Crippen molar-refractivity contribution in [2.75, 3.05) is 0 Å². The molecule has 0 unspecified atom stereocenters. The highest BCUT2D eigenvalue weighted by Gasteiger charge is 2.37. The third-order valence-corrected chi connectivity index (χ3v) is 2.70. The van der Waals surface area contributed by atoms with Crippen LogP contribution in [0, 0.1) is 5.82 Å². The highest BCUT2D eigenvalue weighted by molar-refractivity contribution is 5.59. The summed E-state index contributed by atoms with van der Waals surface area (Å²) in [6, 6.07) is 5.01. The SMILES string of the molecule is Fc1ccc(-n2nnnc2-c2cn[nH]c2C(F)(F)F)cc1. The Hall–Kier alpha value is -2.78. The van der Waals surface area contributed by atoms with Crippen LogP contribution in [0.4, 0.5) is 17.6 Å². The number of tetrazole rings is 1. The lowest BCUT2D eigenvalue weighted by Crippen LogP contribution is -2.09. The molecular formula is C11H6F4N6. The smallest absolute Gasteiger partial charge is 0.273 e. The van der Waals surface area contributed by atoms with Gasteiger partial charge in [-0.3, -0.25) is 5.10 Å². The third-order valence-electron chi connectivity index (χ3n) is 2.70. The highest BCUT2D eigenvalue weighted by Crippen LogP contribution is 2.34. The fraction of sp³-hybridized carbons (Fsp3) is 0.0909. The van der Waals surface area contributed by atoms with Crippen molar-refractivity contribution in [3.8, 4) is 17.1 Å². The highest BCUT2D eigenvalue weighted by atomic mass is 19.4. The molecule has 2 heterocycles. The molecule has 10 heteroatoms. The number of halogens is 4. The van der Waals surface area contributed by atoms with E-state index in [-0.39, 0.29) is 11.4 Å². The Morgan fingerprint density at radius 1 is 1.10 bits per heavy atom. The normalized spacial score (nSPS) is 11.8. The lowest BCUT2D eigenvalue weighted by atomic mass is 10.2. The number of nitrogens with zero attached hydrogens (tertiary/aromatic N) is 5. The molecule has 0 amide bonds. The van der Waals surface area contributed by atoms with Crippen LogP contribution in [0.15, 0.2) is 30.5 Å². The van der Waals surface area contributed by atoms with E-state index < -0.39 is 17.7 Å². The van der Waals surface area contributed by atoms with Crippen LogP contribution in [0.2, 0.25) is 0 Å². The second kappa shape index (κ2) is 4.65. The lowest BCUT2D eigenvalue weighted by Gasteiger charge is -2.07. The van der Waals surface area contributed by atoms with E-state index in [4.69, 9.17) is 0 Å². The molecule has 3 rings (SSSR count). The number of alkyl halides is 3. The molecule has 6 nitrogen and oxygen atoms in total. The van der Waals surface area contributed by atoms with Gasteiger partial charge >= 0.3 is 6.18 Å². The molecule has 21 heavy (non-hydrogen) atoms. The van der Waals surface area contributed by atoms with E-state index in [9.17, 15) is 17.6 Å². The number of hydrogen-bond acceptors (Lipinski definition) is 4. The second-order valence-electron chi connectivity index (χ2n) is 4.05. The molecule has 0 saturated heterocycles. The van der Waals surface area contributed by atoms with Crippen LogP contribution in [0.25, 0.3) is 17.1 Å². The van der Waals surface area contributed by atoms with Gasteiger partial charge in [0.15, 0.2) is 11.5 Å². The zero-order chi connectivity index (χ0) is 15.0. The molecule has 0 aliphatic carbocycles. The molecule has 0 saturated carbocycles. The summed E-state index contributed by atoms with van der Waals surface area (Å²) >= 11 is 0. The van der Waals surface area contributed by atoms with Gasteiger partial charge in [-0.2, -0.15) is 23.0 Å². The van der Waals surface area contributed by atoms with Gasteiger partial charge in [-0.25, -0.2) is 4.39 Å². The standard InChI is InChI=1S/C11H6F4N6/c12-6-1-3-7(4-2-6)21-10(18-19-20-21)8-5-16-17-9(8)11(13,14)15/h1-5H,(H,16,17). The van der Waals surface area contributed by atoms with Gasteiger partial charge in [0.05, 0.1) is 17.4 Å². The van der Waals surface area contributed by atoms with Gasteiger partial charge in [0.1, 0.15) is 5.82 Å². The number of benzene rings is 1. The van der Waals surface area contributed by atoms with Crippen LogP contribution < -0.4 is 0 Å². The van der Waals surface area contributed by atoms with Crippen LogP contribution in [0.5, 0.6) is 0 Å². The van der Waals surface area contributed by atoms with E-state index >= 15 is 0 Å². The van der Waals surface area contributed by atoms with Crippen molar-refractivity contribution >= 4 is 0 Å². The molecule has 0 atom stereocenters. The quantitative estimate of drug-likeness (QED) is 0.736. The van der Waals surface area contributed by atoms with Crippen molar-refractivity contribution in [1.82, 2.24) is 30.4 Å². The number of hydrogen-bond donors (Lipinski definition) is 1. The molecule has 0 radical (unpaired) electrons. The molecular weight excluding hydrogens is 292 g/mol. The molecule has 0 fully saturated rings. The van der Waals surface area contributed by atoms with E-state index in [1.54, 1.807) is 0 Å². The first-order valence-electron chi connectivity index (χ1n) is 5.62. The minimum absolute atomic E-state index is 0.150. The maximum atomic E-state index is 12.9. The van der Waals surface area contributed by atoms with E-state index in [0.717, 1.165) is 23.0 Å². The fourth-order valence-corrected chi connectivity index (χ4v) is 1.78. The Morgan fingerprint density at radius 3 is 2.48 bits per heavy atom. The van der Waals surface area contributed by atoms with Crippen molar-refractivity contribution in [2.45, 2.75) is 6.18 Å². The molecule has 0 spiro atoms. The van der Waals surface area contributed by atoms with Gasteiger partial charge in [0.25, 0.3) is 0 Å². The summed E-state index contributed by atoms with van der Waals surface area (Å²) in [6.45, 7) is 0. The molecule has 0 aliphatic heterocycles. The number of nitrogens with one attached hydrogen (secondary N) is 1. The number of aromatic amines is 1. The average molecular weight is 298 g/mol. The number of aromatic nitrogens is 6. The molecule has 1 N–H and O–H groups in total. The Labute approximate surface area is 114 Å². The molecule has 108 valence electrons. The fourth-order valence-electron chi connectivity index (χ4n) is 1.78. The summed E-state index contributed by atoms with van der Waals surface area (Å²) in [5, 5.41) is 15.8. The monoisotopic (exact) mass is 298 g/mol. The van der Waals surface area contributed by atoms with Gasteiger partial charge in [-0.05, 0) is 34.7 Å². The van der Waals surface area contributed by atoms with E-state index in [1.165, 1.54) is 12.1 Å². The van der Waals surface area contributed by atoms with Gasteiger partial charge < -0.3 is 0 Å². The minimum Gasteiger partial charge on any atom is -0.273 e. The van der Waals surface area contributed by atoms with Gasteiger partial charge in [-0.15, -0.1) is 5.10 Å². The number of H-pyrrole nitrogens is 1. The van der Waals surface area contributed by atoms with E-state index in [2.05, 4.69) is 20.6 Å². The van der Waals surface area contributed by atoms with Crippen LogP contribution in [0.1, 0.15) is 5.69 Å². The third kappa shape index (κ3) is 2.35. The van der Waals surface area contributed by atoms with Gasteiger partial charge in [0, 0.05) is 0 Å². The van der Waals surface area contributed by atoms with Crippen molar-refractivity contribution in [1.29, 1.82) is 0 Å². The summed E-state index contributed by atoms with van der Waals surface area (Å²) in [5.74, 6) is -0.629. The molecule has 2 aromatic heterocycles. The Kier molecular flexibility index (Phi) is 2.92. The van der Waals surface area contributed by atoms with E-state index in [0.29, 0.717) is 5.69 Å². The second-order valence-corrected chi connectivity index (χ2v) is 4.05. The van der Waals surface area contributed by atoms with Crippen LogP contribution >= 0.6 is 0 Å². The van der Waals surface area contributed by atoms with Crippen molar-refractivity contribution < 1.29 is 17.6 Å². The zero-order valence-corrected chi connectivity index (χ0v) is 10.1. The summed E-state index contributed by atoms with van der Waals surface area (Å²) in [7, 11) is 0. The average Bonchev–Trinajstić information content (AvgIpc) is 3.07. The van der Waals surface area contributed by atoms with Gasteiger partial charge in [-0.1, -0.05) is 0 Å². The zero-order valence-electron chi connectivity index (χ0n) is 10.1. The number of rotatable bonds is 2. The van der Waals surface area contributed by atoms with Crippen molar-refractivity contribution in [3.05, 3.63) is 42.0 Å². The molecule has 3 aromatic rings. The van der Waals surface area contributed by atoms with Crippen LogP contribution in [-0.2, 0) is 6.18 Å². The summed E-state index contributed by atoms with van der Waals surface area (Å²) in [4.78, 5) is 0. The molecule has 0 bridgehead atoms. The maximum absolute atomic E-state index is 12.9. The molecule has 0 aliphatic rings. The summed E-state index contributed by atoms with van der Waals surface area (Å²) < 4.78 is 52.6. The van der Waals surface area contributed by atoms with E-state index in [1.807, 2.05) is 5.10 Å². The maximum Gasteiger partial charge on any atom is 0.433 e. The Balaban J connectivity index is 2.12. The summed E-state index contributed by atoms with van der Waals surface area (Å²) in [6.07, 6.45) is -3.64. The lowest BCUT2D eigenvalue weighted by molar-refractivity contribution is -0.140. The first-order valence-corrected chi connectivity index (χ1v) is 5.62. The minimum atomic E-state index is -4.62. The Morgan fingerprint density at radius 2 is 1.81 bits per heavy atom. The van der Waals surface area contributed by atoms with Crippen LogP contribution in [-0.4, -0.2) is 30.4 Å². The Bertz CT molecular complexity index is 758. The topological polar surface area (TPSA) is 72.3 Å². The van der Waals surface area contributed by atoms with Crippen molar-refractivity contribution in [3.63, 3.8) is 0 Å². The predicted octanol–water partition coefficient (Wildman–Crippen LogP) is 2.21.